The lowest BCUT2D eigenvalue weighted by atomic mass is 10.1. The van der Waals surface area contributed by atoms with Crippen molar-refractivity contribution in [2.75, 3.05) is 6.61 Å². The number of hydrogen-bond acceptors (Lipinski definition) is 2. The Morgan fingerprint density at radius 2 is 1.71 bits per heavy atom. The monoisotopic (exact) mass is 294 g/mol. The Bertz CT molecular complexity index is 435. The van der Waals surface area contributed by atoms with Crippen molar-refractivity contribution in [1.82, 2.24) is 0 Å². The number of unbranched alkanes of at least 4 members (excludes halogenated alkanes) is 7. The van der Waals surface area contributed by atoms with Crippen molar-refractivity contribution in [3.63, 3.8) is 0 Å². The molecule has 0 aromatic heterocycles. The smallest absolute Gasteiger partial charge is 0.165 e. The summed E-state index contributed by atoms with van der Waals surface area (Å²) in [4.78, 5) is 0. The number of rotatable bonds is 11. The molecule has 0 bridgehead atoms. The number of nitrogens with two attached hydrogens (primary N) is 1. The highest BCUT2D eigenvalue weighted by Crippen LogP contribution is 2.18. The van der Waals surface area contributed by atoms with Crippen LogP contribution in [0.4, 0.5) is 4.39 Å². The van der Waals surface area contributed by atoms with Gasteiger partial charge in [-0.2, -0.15) is 0 Å². The largest absolute Gasteiger partial charge is 0.491 e. The molecule has 0 aliphatic rings. The number of halogens is 1. The third-order valence-corrected chi connectivity index (χ3v) is 3.50. The Morgan fingerprint density at radius 1 is 1.10 bits per heavy atom. The maximum atomic E-state index is 13.7. The summed E-state index contributed by atoms with van der Waals surface area (Å²) in [5, 5.41) is 7.25. The van der Waals surface area contributed by atoms with Gasteiger partial charge in [-0.15, -0.1) is 0 Å². The van der Waals surface area contributed by atoms with Crippen molar-refractivity contribution in [1.29, 1.82) is 5.41 Å². The second kappa shape index (κ2) is 10.2. The third-order valence-electron chi connectivity index (χ3n) is 3.50. The molecule has 3 nitrogen and oxygen atoms in total. The number of ether oxygens (including phenoxy) is 1. The van der Waals surface area contributed by atoms with Gasteiger partial charge in [0.1, 0.15) is 5.84 Å². The number of benzene rings is 1. The van der Waals surface area contributed by atoms with Crippen LogP contribution in [-0.2, 0) is 0 Å². The SMILES string of the molecule is CCCCCCCCCCOc1ccc(C(=N)N)cc1F. The zero-order chi connectivity index (χ0) is 15.5. The highest BCUT2D eigenvalue weighted by Gasteiger charge is 2.06. The molecule has 0 aliphatic heterocycles. The topological polar surface area (TPSA) is 59.1 Å². The summed E-state index contributed by atoms with van der Waals surface area (Å²) in [6.07, 6.45) is 9.83. The van der Waals surface area contributed by atoms with Crippen LogP contribution >= 0.6 is 0 Å². The minimum absolute atomic E-state index is 0.136. The molecule has 0 saturated carbocycles. The minimum atomic E-state index is -0.456. The lowest BCUT2D eigenvalue weighted by Gasteiger charge is -2.08. The quantitative estimate of drug-likeness (QED) is 0.355. The van der Waals surface area contributed by atoms with E-state index in [2.05, 4.69) is 6.92 Å². The van der Waals surface area contributed by atoms with Crippen LogP contribution in [0.2, 0.25) is 0 Å². The number of amidine groups is 1. The van der Waals surface area contributed by atoms with E-state index in [1.807, 2.05) is 0 Å². The van der Waals surface area contributed by atoms with Crippen molar-refractivity contribution in [3.8, 4) is 5.75 Å². The van der Waals surface area contributed by atoms with Crippen LogP contribution in [0.15, 0.2) is 18.2 Å². The number of nitrogen functional groups attached to an aromatic ring is 1. The van der Waals surface area contributed by atoms with Gasteiger partial charge in [0.05, 0.1) is 6.61 Å². The van der Waals surface area contributed by atoms with Crippen LogP contribution in [0.25, 0.3) is 0 Å². The molecule has 0 heterocycles. The van der Waals surface area contributed by atoms with Crippen LogP contribution in [-0.4, -0.2) is 12.4 Å². The van der Waals surface area contributed by atoms with Crippen molar-refractivity contribution < 1.29 is 9.13 Å². The minimum Gasteiger partial charge on any atom is -0.491 e. The fraction of sp³-hybridized carbons (Fsp3) is 0.588. The second-order valence-corrected chi connectivity index (χ2v) is 5.38. The van der Waals surface area contributed by atoms with Gasteiger partial charge in [-0.25, -0.2) is 4.39 Å². The second-order valence-electron chi connectivity index (χ2n) is 5.38. The van der Waals surface area contributed by atoms with Crippen LogP contribution in [0.3, 0.4) is 0 Å². The highest BCUT2D eigenvalue weighted by molar-refractivity contribution is 5.95. The molecule has 0 atom stereocenters. The number of nitrogens with one attached hydrogen (secondary N) is 1. The average Bonchev–Trinajstić information content (AvgIpc) is 2.46. The fourth-order valence-corrected chi connectivity index (χ4v) is 2.20. The van der Waals surface area contributed by atoms with Crippen molar-refractivity contribution >= 4 is 5.84 Å². The first-order chi connectivity index (χ1) is 10.1. The summed E-state index contributed by atoms with van der Waals surface area (Å²) in [7, 11) is 0. The molecule has 0 amide bonds. The first kappa shape index (κ1) is 17.5. The zero-order valence-electron chi connectivity index (χ0n) is 13.0. The lowest BCUT2D eigenvalue weighted by molar-refractivity contribution is 0.290. The molecule has 4 heteroatoms. The highest BCUT2D eigenvalue weighted by atomic mass is 19.1. The van der Waals surface area contributed by atoms with Gasteiger partial charge in [-0.05, 0) is 24.6 Å². The van der Waals surface area contributed by atoms with E-state index in [4.69, 9.17) is 15.9 Å². The zero-order valence-corrected chi connectivity index (χ0v) is 13.0. The predicted octanol–water partition coefficient (Wildman–Crippen LogP) is 4.63. The molecule has 1 rings (SSSR count). The summed E-state index contributed by atoms with van der Waals surface area (Å²) >= 11 is 0. The molecule has 0 spiro atoms. The van der Waals surface area contributed by atoms with Gasteiger partial charge in [0.15, 0.2) is 11.6 Å². The van der Waals surface area contributed by atoms with Crippen molar-refractivity contribution in [2.24, 2.45) is 5.73 Å². The van der Waals surface area contributed by atoms with Gasteiger partial charge in [-0.3, -0.25) is 5.41 Å². The van der Waals surface area contributed by atoms with Crippen LogP contribution in [0, 0.1) is 11.2 Å². The Morgan fingerprint density at radius 3 is 2.29 bits per heavy atom. The Hall–Kier alpha value is -1.58. The predicted molar refractivity (Wildman–Crippen MR) is 85.5 cm³/mol. The molecule has 3 N–H and O–H groups in total. The van der Waals surface area contributed by atoms with E-state index in [-0.39, 0.29) is 11.6 Å². The van der Waals surface area contributed by atoms with Gasteiger partial charge in [0, 0.05) is 5.56 Å². The van der Waals surface area contributed by atoms with E-state index in [0.717, 1.165) is 12.8 Å². The number of hydrogen-bond donors (Lipinski definition) is 2. The van der Waals surface area contributed by atoms with E-state index >= 15 is 0 Å². The molecule has 0 aliphatic carbocycles. The summed E-state index contributed by atoms with van der Waals surface area (Å²) < 4.78 is 19.1. The summed E-state index contributed by atoms with van der Waals surface area (Å²) in [5.41, 5.74) is 5.69. The fourth-order valence-electron chi connectivity index (χ4n) is 2.20. The molecular formula is C17H27FN2O. The summed E-state index contributed by atoms with van der Waals surface area (Å²) in [6.45, 7) is 2.75. The summed E-state index contributed by atoms with van der Waals surface area (Å²) in [5.74, 6) is -0.353. The molecular weight excluding hydrogens is 267 g/mol. The van der Waals surface area contributed by atoms with Gasteiger partial charge in [0.25, 0.3) is 0 Å². The van der Waals surface area contributed by atoms with Gasteiger partial charge in [-0.1, -0.05) is 51.9 Å². The van der Waals surface area contributed by atoms with Crippen LogP contribution < -0.4 is 10.5 Å². The Balaban J connectivity index is 2.14. The molecule has 0 fully saturated rings. The van der Waals surface area contributed by atoms with Gasteiger partial charge >= 0.3 is 0 Å². The molecule has 0 radical (unpaired) electrons. The Labute approximate surface area is 127 Å². The first-order valence-corrected chi connectivity index (χ1v) is 7.92. The van der Waals surface area contributed by atoms with E-state index in [1.54, 1.807) is 6.07 Å². The maximum Gasteiger partial charge on any atom is 0.165 e. The van der Waals surface area contributed by atoms with Gasteiger partial charge < -0.3 is 10.5 Å². The normalized spacial score (nSPS) is 10.6. The third kappa shape index (κ3) is 7.11. The average molecular weight is 294 g/mol. The standard InChI is InChI=1S/C17H27FN2O/c1-2-3-4-5-6-7-8-9-12-21-16-11-10-14(17(19)20)13-15(16)18/h10-11,13H,2-9,12H2,1H3,(H3,19,20). The van der Waals surface area contributed by atoms with Crippen LogP contribution in [0.1, 0.15) is 63.9 Å². The first-order valence-electron chi connectivity index (χ1n) is 7.92. The van der Waals surface area contributed by atoms with E-state index in [1.165, 1.54) is 50.7 Å². The molecule has 0 unspecified atom stereocenters. The molecule has 1 aromatic rings. The van der Waals surface area contributed by atoms with E-state index in [0.29, 0.717) is 12.2 Å². The lowest BCUT2D eigenvalue weighted by Crippen LogP contribution is -2.11. The molecule has 118 valence electrons. The molecule has 0 saturated heterocycles. The molecule has 21 heavy (non-hydrogen) atoms. The van der Waals surface area contributed by atoms with E-state index < -0.39 is 5.82 Å². The molecule has 1 aromatic carbocycles. The maximum absolute atomic E-state index is 13.7. The van der Waals surface area contributed by atoms with Crippen molar-refractivity contribution in [2.45, 2.75) is 58.3 Å². The van der Waals surface area contributed by atoms with Crippen LogP contribution in [0.5, 0.6) is 5.75 Å². The van der Waals surface area contributed by atoms with Gasteiger partial charge in [0.2, 0.25) is 0 Å². The van der Waals surface area contributed by atoms with Crippen molar-refractivity contribution in [3.05, 3.63) is 29.6 Å². The Kier molecular flexibility index (Phi) is 8.48. The van der Waals surface area contributed by atoms with E-state index in [9.17, 15) is 4.39 Å². The summed E-state index contributed by atoms with van der Waals surface area (Å²) in [6, 6.07) is 4.39.